The number of hydrogen-bond acceptors (Lipinski definition) is 5. The van der Waals surface area contributed by atoms with E-state index in [9.17, 15) is 9.59 Å². The number of thioether (sulfide) groups is 1. The van der Waals surface area contributed by atoms with Gasteiger partial charge in [-0.3, -0.25) is 14.6 Å². The Kier molecular flexibility index (Phi) is 5.61. The summed E-state index contributed by atoms with van der Waals surface area (Å²) in [5, 5.41) is 6.09. The molecule has 1 unspecified atom stereocenters. The Morgan fingerprint density at radius 3 is 2.88 bits per heavy atom. The fourth-order valence-corrected chi connectivity index (χ4v) is 3.58. The molecule has 0 saturated carbocycles. The molecule has 0 bridgehead atoms. The summed E-state index contributed by atoms with van der Waals surface area (Å²) in [6.07, 6.45) is 5.66. The Hall–Kier alpha value is -2.18. The number of allylic oxidation sites excluding steroid dienone is 4. The quantitative estimate of drug-likeness (QED) is 0.742. The number of benzene rings is 1. The van der Waals surface area contributed by atoms with Crippen LogP contribution in [0.1, 0.15) is 12.0 Å². The highest BCUT2D eigenvalue weighted by Crippen LogP contribution is 2.34. The largest absolute Gasteiger partial charge is 0.355 e. The molecule has 0 radical (unpaired) electrons. The molecule has 0 aromatic heterocycles. The van der Waals surface area contributed by atoms with Crippen molar-refractivity contribution in [2.75, 3.05) is 13.1 Å². The van der Waals surface area contributed by atoms with Gasteiger partial charge in [0, 0.05) is 24.1 Å². The number of rotatable bonds is 7. The summed E-state index contributed by atoms with van der Waals surface area (Å²) >= 11 is 1.58. The normalized spacial score (nSPS) is 18.8. The van der Waals surface area contributed by atoms with Crippen molar-refractivity contribution in [3.05, 3.63) is 59.0 Å². The van der Waals surface area contributed by atoms with Crippen LogP contribution in [0.15, 0.2) is 58.5 Å². The average Bonchev–Trinajstić information content (AvgIpc) is 2.97. The summed E-state index contributed by atoms with van der Waals surface area (Å²) < 4.78 is 0. The Bertz CT molecular complexity index is 710. The summed E-state index contributed by atoms with van der Waals surface area (Å²) in [5.74, 6) is -0.0109. The number of fused-ring (bicyclic) bond motifs is 1. The monoisotopic (exact) mass is 341 g/mol. The molecule has 24 heavy (non-hydrogen) atoms. The molecule has 1 aliphatic carbocycles. The fraction of sp³-hybridized carbons (Fsp3) is 0.278. The standard InChI is InChI=1S/C18H19N3O2S/c22-14-6-7-15-16(10-14)24-18(21-15)8-9-20-17(23)12-19-11-13-4-2-1-3-5-13/h1-7,10,18-19H,8-9,11-12H2,(H,20,23). The second-order valence-electron chi connectivity index (χ2n) is 5.56. The van der Waals surface area contributed by atoms with Gasteiger partial charge in [-0.15, -0.1) is 0 Å². The minimum absolute atomic E-state index is 0.00916. The maximum Gasteiger partial charge on any atom is 0.233 e. The first-order valence-corrected chi connectivity index (χ1v) is 8.78. The van der Waals surface area contributed by atoms with Gasteiger partial charge in [0.2, 0.25) is 5.91 Å². The van der Waals surface area contributed by atoms with E-state index in [2.05, 4.69) is 15.6 Å². The molecule has 2 N–H and O–H groups in total. The third-order valence-corrected chi connectivity index (χ3v) is 4.84. The van der Waals surface area contributed by atoms with E-state index in [1.807, 2.05) is 30.3 Å². The molecule has 6 heteroatoms. The number of aliphatic imine (C=N–C) groups is 1. The van der Waals surface area contributed by atoms with Crippen molar-refractivity contribution in [3.63, 3.8) is 0 Å². The molecule has 1 aliphatic heterocycles. The first-order valence-electron chi connectivity index (χ1n) is 7.90. The maximum absolute atomic E-state index is 11.8. The smallest absolute Gasteiger partial charge is 0.233 e. The summed E-state index contributed by atoms with van der Waals surface area (Å²) in [7, 11) is 0. The zero-order chi connectivity index (χ0) is 16.8. The molecule has 1 amide bonds. The van der Waals surface area contributed by atoms with Crippen LogP contribution < -0.4 is 10.6 Å². The lowest BCUT2D eigenvalue weighted by Gasteiger charge is -2.09. The van der Waals surface area contributed by atoms with Crippen LogP contribution in [-0.4, -0.2) is 35.9 Å². The van der Waals surface area contributed by atoms with Gasteiger partial charge in [-0.2, -0.15) is 0 Å². The van der Waals surface area contributed by atoms with Gasteiger partial charge in [0.15, 0.2) is 5.78 Å². The maximum atomic E-state index is 11.8. The van der Waals surface area contributed by atoms with E-state index in [-0.39, 0.29) is 17.1 Å². The number of ketones is 1. The Morgan fingerprint density at radius 1 is 1.21 bits per heavy atom. The molecule has 1 heterocycles. The Labute approximate surface area is 145 Å². The van der Waals surface area contributed by atoms with Gasteiger partial charge >= 0.3 is 0 Å². The minimum atomic E-state index is -0.0201. The summed E-state index contributed by atoms with van der Waals surface area (Å²) in [5.41, 5.74) is 2.03. The van der Waals surface area contributed by atoms with E-state index < -0.39 is 0 Å². The highest BCUT2D eigenvalue weighted by molar-refractivity contribution is 8.05. The van der Waals surface area contributed by atoms with E-state index >= 15 is 0 Å². The topological polar surface area (TPSA) is 70.6 Å². The molecular formula is C18H19N3O2S. The highest BCUT2D eigenvalue weighted by Gasteiger charge is 2.24. The minimum Gasteiger partial charge on any atom is -0.355 e. The van der Waals surface area contributed by atoms with Crippen LogP contribution >= 0.6 is 11.8 Å². The highest BCUT2D eigenvalue weighted by atomic mass is 32.2. The van der Waals surface area contributed by atoms with Gasteiger partial charge in [0.05, 0.1) is 12.3 Å². The molecule has 3 rings (SSSR count). The number of nitrogens with one attached hydrogen (secondary N) is 2. The molecule has 124 valence electrons. The number of carbonyl (C=O) groups is 2. The summed E-state index contributed by atoms with van der Waals surface area (Å²) in [4.78, 5) is 28.6. The zero-order valence-corrected chi connectivity index (χ0v) is 14.0. The molecule has 1 aromatic carbocycles. The summed E-state index contributed by atoms with van der Waals surface area (Å²) in [6, 6.07) is 9.98. The molecule has 2 aliphatic rings. The first kappa shape index (κ1) is 16.7. The number of amides is 1. The Morgan fingerprint density at radius 2 is 2.04 bits per heavy atom. The molecule has 5 nitrogen and oxygen atoms in total. The number of nitrogens with zero attached hydrogens (tertiary/aromatic N) is 1. The van der Waals surface area contributed by atoms with E-state index in [0.29, 0.717) is 19.6 Å². The lowest BCUT2D eigenvalue weighted by atomic mass is 10.1. The molecule has 0 spiro atoms. The predicted molar refractivity (Wildman–Crippen MR) is 96.8 cm³/mol. The third kappa shape index (κ3) is 4.66. The first-order chi connectivity index (χ1) is 11.7. The lowest BCUT2D eigenvalue weighted by Crippen LogP contribution is -2.34. The van der Waals surface area contributed by atoms with Gasteiger partial charge in [0.1, 0.15) is 5.37 Å². The van der Waals surface area contributed by atoms with Crippen LogP contribution in [0.4, 0.5) is 0 Å². The van der Waals surface area contributed by atoms with Crippen LogP contribution in [0.5, 0.6) is 0 Å². The molecule has 1 atom stereocenters. The lowest BCUT2D eigenvalue weighted by molar-refractivity contribution is -0.120. The SMILES string of the molecule is O=C1C=CC2=NC(CCNC(=O)CNCc3ccccc3)SC2=C1. The van der Waals surface area contributed by atoms with Gasteiger partial charge in [-0.05, 0) is 24.1 Å². The number of hydrogen-bond donors (Lipinski definition) is 2. The van der Waals surface area contributed by atoms with Crippen molar-refractivity contribution in [1.29, 1.82) is 0 Å². The van der Waals surface area contributed by atoms with Crippen LogP contribution in [0.25, 0.3) is 0 Å². The molecule has 0 fully saturated rings. The fourth-order valence-electron chi connectivity index (χ4n) is 2.46. The van der Waals surface area contributed by atoms with Crippen molar-refractivity contribution in [2.45, 2.75) is 18.3 Å². The second kappa shape index (κ2) is 8.08. The molecular weight excluding hydrogens is 322 g/mol. The van der Waals surface area contributed by atoms with Crippen molar-refractivity contribution in [2.24, 2.45) is 4.99 Å². The predicted octanol–water partition coefficient (Wildman–Crippen LogP) is 1.82. The summed E-state index contributed by atoms with van der Waals surface area (Å²) in [6.45, 7) is 1.55. The van der Waals surface area contributed by atoms with E-state index in [1.165, 1.54) is 6.08 Å². The van der Waals surface area contributed by atoms with Gasteiger partial charge in [-0.1, -0.05) is 42.1 Å². The van der Waals surface area contributed by atoms with Crippen LogP contribution in [0.2, 0.25) is 0 Å². The number of carbonyl (C=O) groups excluding carboxylic acids is 2. The van der Waals surface area contributed by atoms with Crippen molar-refractivity contribution in [1.82, 2.24) is 10.6 Å². The van der Waals surface area contributed by atoms with Crippen molar-refractivity contribution >= 4 is 29.2 Å². The second-order valence-corrected chi connectivity index (χ2v) is 6.78. The van der Waals surface area contributed by atoms with Crippen LogP contribution in [-0.2, 0) is 16.1 Å². The van der Waals surface area contributed by atoms with Gasteiger partial charge < -0.3 is 10.6 Å². The van der Waals surface area contributed by atoms with Crippen LogP contribution in [0.3, 0.4) is 0 Å². The molecule has 1 aromatic rings. The average molecular weight is 341 g/mol. The Balaban J connectivity index is 1.33. The van der Waals surface area contributed by atoms with E-state index in [0.717, 1.165) is 22.6 Å². The van der Waals surface area contributed by atoms with Gasteiger partial charge in [0.25, 0.3) is 0 Å². The zero-order valence-electron chi connectivity index (χ0n) is 13.2. The van der Waals surface area contributed by atoms with E-state index in [1.54, 1.807) is 23.9 Å². The van der Waals surface area contributed by atoms with E-state index in [4.69, 9.17) is 0 Å². The van der Waals surface area contributed by atoms with Crippen molar-refractivity contribution in [3.8, 4) is 0 Å². The van der Waals surface area contributed by atoms with Crippen molar-refractivity contribution < 1.29 is 9.59 Å². The molecule has 0 saturated heterocycles. The van der Waals surface area contributed by atoms with Gasteiger partial charge in [-0.25, -0.2) is 0 Å². The third-order valence-electron chi connectivity index (χ3n) is 3.65. The van der Waals surface area contributed by atoms with Crippen LogP contribution in [0, 0.1) is 0 Å².